The van der Waals surface area contributed by atoms with Crippen LogP contribution in [0, 0.1) is 18.8 Å². The van der Waals surface area contributed by atoms with Crippen molar-refractivity contribution in [2.24, 2.45) is 17.6 Å². The normalized spacial score (nSPS) is 25.1. The highest BCUT2D eigenvalue weighted by Crippen LogP contribution is 2.28. The lowest BCUT2D eigenvalue weighted by Crippen LogP contribution is -2.34. The molecule has 0 aromatic carbocycles. The van der Waals surface area contributed by atoms with Gasteiger partial charge in [-0.1, -0.05) is 12.8 Å². The van der Waals surface area contributed by atoms with Gasteiger partial charge in [-0.05, 0) is 44.7 Å². The molecule has 3 N–H and O–H groups in total. The Balaban J connectivity index is 1.73. The molecular weight excluding hydrogens is 230 g/mol. The van der Waals surface area contributed by atoms with Crippen molar-refractivity contribution in [3.63, 3.8) is 0 Å². The van der Waals surface area contributed by atoms with E-state index in [1.54, 1.807) is 11.3 Å². The van der Waals surface area contributed by atoms with Gasteiger partial charge in [0, 0.05) is 11.9 Å². The summed E-state index contributed by atoms with van der Waals surface area (Å²) in [6.07, 6.45) is 5.39. The number of rotatable bonds is 5. The van der Waals surface area contributed by atoms with E-state index in [0.717, 1.165) is 36.5 Å². The zero-order valence-electron chi connectivity index (χ0n) is 10.6. The lowest BCUT2D eigenvalue weighted by atomic mass is 9.79. The minimum atomic E-state index is 0.730. The van der Waals surface area contributed by atoms with Crippen LogP contribution >= 0.6 is 11.3 Å². The molecule has 3 nitrogen and oxygen atoms in total. The lowest BCUT2D eigenvalue weighted by Gasteiger charge is -2.30. The second kappa shape index (κ2) is 6.47. The quantitative estimate of drug-likeness (QED) is 0.846. The van der Waals surface area contributed by atoms with E-state index >= 15 is 0 Å². The van der Waals surface area contributed by atoms with Crippen molar-refractivity contribution < 1.29 is 0 Å². The molecule has 0 aliphatic heterocycles. The van der Waals surface area contributed by atoms with E-state index in [2.05, 4.69) is 22.6 Å². The molecule has 4 heteroatoms. The molecule has 1 heterocycles. The minimum Gasteiger partial charge on any atom is -0.330 e. The smallest absolute Gasteiger partial charge is 0.0897 e. The van der Waals surface area contributed by atoms with Crippen molar-refractivity contribution >= 4 is 11.3 Å². The van der Waals surface area contributed by atoms with Crippen LogP contribution in [0.25, 0.3) is 0 Å². The Morgan fingerprint density at radius 3 is 2.82 bits per heavy atom. The Hall–Kier alpha value is -0.450. The fourth-order valence-electron chi connectivity index (χ4n) is 2.74. The van der Waals surface area contributed by atoms with E-state index < -0.39 is 0 Å². The van der Waals surface area contributed by atoms with Crippen LogP contribution in [0.3, 0.4) is 0 Å². The summed E-state index contributed by atoms with van der Waals surface area (Å²) in [5.74, 6) is 1.50. The topological polar surface area (TPSA) is 50.9 Å². The van der Waals surface area contributed by atoms with Crippen LogP contribution in [0.15, 0.2) is 5.38 Å². The molecule has 0 bridgehead atoms. The van der Waals surface area contributed by atoms with E-state index in [1.165, 1.54) is 31.4 Å². The van der Waals surface area contributed by atoms with Gasteiger partial charge in [-0.3, -0.25) is 0 Å². The first-order valence-electron chi connectivity index (χ1n) is 6.61. The van der Waals surface area contributed by atoms with Gasteiger partial charge in [0.25, 0.3) is 0 Å². The number of thiazole rings is 1. The molecule has 0 amide bonds. The number of nitrogens with one attached hydrogen (secondary N) is 1. The molecule has 0 radical (unpaired) electrons. The van der Waals surface area contributed by atoms with E-state index in [-0.39, 0.29) is 0 Å². The standard InChI is InChI=1S/C13H23N3S/c1-10-16-13(9-17-10)8-15-7-12-5-3-2-4-11(12)6-14/h9,11-12,15H,2-8,14H2,1H3. The molecule has 96 valence electrons. The highest BCUT2D eigenvalue weighted by Gasteiger charge is 2.23. The molecule has 1 saturated carbocycles. The van der Waals surface area contributed by atoms with Gasteiger partial charge in [0.2, 0.25) is 0 Å². The summed E-state index contributed by atoms with van der Waals surface area (Å²) < 4.78 is 0. The third-order valence-electron chi connectivity index (χ3n) is 3.75. The first kappa shape index (κ1) is 13.0. The van der Waals surface area contributed by atoms with Gasteiger partial charge in [-0.15, -0.1) is 11.3 Å². The molecule has 1 fully saturated rings. The maximum Gasteiger partial charge on any atom is 0.0897 e. The molecule has 17 heavy (non-hydrogen) atoms. The zero-order chi connectivity index (χ0) is 12.1. The van der Waals surface area contributed by atoms with Crippen molar-refractivity contribution in [2.45, 2.75) is 39.2 Å². The molecule has 1 aromatic rings. The van der Waals surface area contributed by atoms with Crippen molar-refractivity contribution in [3.05, 3.63) is 16.1 Å². The van der Waals surface area contributed by atoms with Crippen LogP contribution in [0.5, 0.6) is 0 Å². The van der Waals surface area contributed by atoms with Crippen molar-refractivity contribution in [1.29, 1.82) is 0 Å². The number of aromatic nitrogens is 1. The Labute approximate surface area is 108 Å². The molecule has 1 aromatic heterocycles. The molecule has 2 rings (SSSR count). The Kier molecular flexibility index (Phi) is 4.95. The summed E-state index contributed by atoms with van der Waals surface area (Å²) in [7, 11) is 0. The van der Waals surface area contributed by atoms with E-state index in [9.17, 15) is 0 Å². The van der Waals surface area contributed by atoms with Crippen LogP contribution in [0.1, 0.15) is 36.4 Å². The van der Waals surface area contributed by atoms with Gasteiger partial charge in [-0.2, -0.15) is 0 Å². The van der Waals surface area contributed by atoms with Gasteiger partial charge in [0.15, 0.2) is 0 Å². The van der Waals surface area contributed by atoms with Crippen molar-refractivity contribution in [3.8, 4) is 0 Å². The summed E-state index contributed by atoms with van der Waals surface area (Å²) in [4.78, 5) is 4.46. The Morgan fingerprint density at radius 1 is 1.41 bits per heavy atom. The first-order valence-corrected chi connectivity index (χ1v) is 7.49. The van der Waals surface area contributed by atoms with Crippen molar-refractivity contribution in [1.82, 2.24) is 10.3 Å². The number of nitrogens with two attached hydrogens (primary N) is 1. The molecule has 1 aliphatic rings. The fourth-order valence-corrected chi connectivity index (χ4v) is 3.35. The van der Waals surface area contributed by atoms with Gasteiger partial charge >= 0.3 is 0 Å². The summed E-state index contributed by atoms with van der Waals surface area (Å²) in [6.45, 7) is 4.90. The highest BCUT2D eigenvalue weighted by molar-refractivity contribution is 7.09. The number of hydrogen-bond acceptors (Lipinski definition) is 4. The predicted octanol–water partition coefficient (Wildman–Crippen LogP) is 2.31. The summed E-state index contributed by atoms with van der Waals surface area (Å²) in [5, 5.41) is 6.83. The second-order valence-corrected chi connectivity index (χ2v) is 6.09. The SMILES string of the molecule is Cc1nc(CNCC2CCCCC2CN)cs1. The van der Waals surface area contributed by atoms with Crippen LogP contribution in [0.4, 0.5) is 0 Å². The largest absolute Gasteiger partial charge is 0.330 e. The molecule has 2 atom stereocenters. The average Bonchev–Trinajstić information content (AvgIpc) is 2.76. The zero-order valence-corrected chi connectivity index (χ0v) is 11.4. The number of aryl methyl sites for hydroxylation is 1. The maximum atomic E-state index is 5.84. The monoisotopic (exact) mass is 253 g/mol. The third kappa shape index (κ3) is 3.76. The van der Waals surface area contributed by atoms with Crippen LogP contribution in [-0.2, 0) is 6.54 Å². The van der Waals surface area contributed by atoms with E-state index in [0.29, 0.717) is 0 Å². The summed E-state index contributed by atoms with van der Waals surface area (Å²) >= 11 is 1.72. The second-order valence-electron chi connectivity index (χ2n) is 5.03. The number of nitrogens with zero attached hydrogens (tertiary/aromatic N) is 1. The van der Waals surface area contributed by atoms with Gasteiger partial charge in [-0.25, -0.2) is 4.98 Å². The van der Waals surface area contributed by atoms with Gasteiger partial charge in [0.05, 0.1) is 10.7 Å². The number of hydrogen-bond donors (Lipinski definition) is 2. The van der Waals surface area contributed by atoms with Crippen LogP contribution in [-0.4, -0.2) is 18.1 Å². The Morgan fingerprint density at radius 2 is 2.18 bits per heavy atom. The molecule has 0 saturated heterocycles. The van der Waals surface area contributed by atoms with E-state index in [1.807, 2.05) is 0 Å². The first-order chi connectivity index (χ1) is 8.29. The van der Waals surface area contributed by atoms with Gasteiger partial charge in [0.1, 0.15) is 0 Å². The lowest BCUT2D eigenvalue weighted by molar-refractivity contribution is 0.235. The van der Waals surface area contributed by atoms with E-state index in [4.69, 9.17) is 5.73 Å². The highest BCUT2D eigenvalue weighted by atomic mass is 32.1. The maximum absolute atomic E-state index is 5.84. The average molecular weight is 253 g/mol. The van der Waals surface area contributed by atoms with Crippen LogP contribution in [0.2, 0.25) is 0 Å². The predicted molar refractivity (Wildman–Crippen MR) is 73.1 cm³/mol. The third-order valence-corrected chi connectivity index (χ3v) is 4.57. The fraction of sp³-hybridized carbons (Fsp3) is 0.769. The van der Waals surface area contributed by atoms with Crippen molar-refractivity contribution in [2.75, 3.05) is 13.1 Å². The van der Waals surface area contributed by atoms with Crippen LogP contribution < -0.4 is 11.1 Å². The molecule has 1 aliphatic carbocycles. The molecular formula is C13H23N3S. The van der Waals surface area contributed by atoms with Gasteiger partial charge < -0.3 is 11.1 Å². The molecule has 2 unspecified atom stereocenters. The Bertz CT molecular complexity index is 337. The molecule has 0 spiro atoms. The summed E-state index contributed by atoms with van der Waals surface area (Å²) in [6, 6.07) is 0. The minimum absolute atomic E-state index is 0.730. The summed E-state index contributed by atoms with van der Waals surface area (Å²) in [5.41, 5.74) is 7.02.